The summed E-state index contributed by atoms with van der Waals surface area (Å²) in [6.07, 6.45) is 4.68. The molecule has 0 unspecified atom stereocenters. The van der Waals surface area contributed by atoms with Gasteiger partial charge >= 0.3 is 0 Å². The summed E-state index contributed by atoms with van der Waals surface area (Å²) in [6, 6.07) is 8.27. The molecule has 150 valence electrons. The first-order valence-electron chi connectivity index (χ1n) is 10.1. The van der Waals surface area contributed by atoms with E-state index in [-0.39, 0.29) is 11.6 Å². The van der Waals surface area contributed by atoms with Crippen molar-refractivity contribution in [3.63, 3.8) is 0 Å². The number of fused-ring (bicyclic) bond motifs is 1. The van der Waals surface area contributed by atoms with E-state index in [0.717, 1.165) is 51.9 Å². The van der Waals surface area contributed by atoms with Gasteiger partial charge < -0.3 is 9.80 Å². The van der Waals surface area contributed by atoms with Gasteiger partial charge in [-0.2, -0.15) is 5.26 Å². The second-order valence-electron chi connectivity index (χ2n) is 7.82. The second-order valence-corrected chi connectivity index (χ2v) is 7.82. The Morgan fingerprint density at radius 1 is 1.21 bits per heavy atom. The first-order chi connectivity index (χ1) is 14.0. The van der Waals surface area contributed by atoms with Crippen molar-refractivity contribution in [3.05, 3.63) is 39.9 Å². The van der Waals surface area contributed by atoms with Gasteiger partial charge in [0.2, 0.25) is 5.91 Å². The molecule has 3 heterocycles. The molecule has 8 heteroatoms. The van der Waals surface area contributed by atoms with Crippen LogP contribution >= 0.6 is 0 Å². The van der Waals surface area contributed by atoms with Crippen LogP contribution in [0.25, 0.3) is 10.9 Å². The number of rotatable bonds is 4. The first-order valence-corrected chi connectivity index (χ1v) is 10.1. The molecule has 2 fully saturated rings. The third kappa shape index (κ3) is 3.99. The molecule has 0 bridgehead atoms. The van der Waals surface area contributed by atoms with Crippen LogP contribution in [0.3, 0.4) is 0 Å². The Bertz CT molecular complexity index is 986. The zero-order chi connectivity index (χ0) is 20.4. The summed E-state index contributed by atoms with van der Waals surface area (Å²) < 4.78 is 0. The van der Waals surface area contributed by atoms with Crippen molar-refractivity contribution in [2.24, 2.45) is 5.92 Å². The molecule has 1 amide bonds. The number of amides is 1. The van der Waals surface area contributed by atoms with Crippen LogP contribution in [0.15, 0.2) is 24.3 Å². The van der Waals surface area contributed by atoms with E-state index in [9.17, 15) is 20.2 Å². The molecule has 2 aliphatic rings. The van der Waals surface area contributed by atoms with E-state index in [0.29, 0.717) is 34.6 Å². The first kappa shape index (κ1) is 19.1. The fourth-order valence-corrected chi connectivity index (χ4v) is 4.28. The van der Waals surface area contributed by atoms with Crippen LogP contribution in [0.1, 0.15) is 37.7 Å². The Kier molecular flexibility index (Phi) is 5.30. The number of pyridine rings is 1. The van der Waals surface area contributed by atoms with Gasteiger partial charge in [0.05, 0.1) is 22.1 Å². The lowest BCUT2D eigenvalue weighted by atomic mass is 9.93. The van der Waals surface area contributed by atoms with Crippen LogP contribution in [-0.2, 0) is 4.79 Å². The van der Waals surface area contributed by atoms with E-state index in [4.69, 9.17) is 0 Å². The summed E-state index contributed by atoms with van der Waals surface area (Å²) in [5.74, 6) is 1.38. The quantitative estimate of drug-likeness (QED) is 0.583. The molecule has 2 aromatic rings. The van der Waals surface area contributed by atoms with Gasteiger partial charge in [0, 0.05) is 50.1 Å². The maximum atomic E-state index is 12.4. The Morgan fingerprint density at radius 3 is 2.59 bits per heavy atom. The minimum Gasteiger partial charge on any atom is -0.357 e. The lowest BCUT2D eigenvalue weighted by molar-refractivity contribution is -0.384. The van der Waals surface area contributed by atoms with E-state index in [1.54, 1.807) is 12.1 Å². The molecule has 2 aliphatic heterocycles. The number of likely N-dealkylation sites (tertiary alicyclic amines) is 1. The highest BCUT2D eigenvalue weighted by molar-refractivity contribution is 5.88. The van der Waals surface area contributed by atoms with Crippen LogP contribution < -0.4 is 4.90 Å². The molecule has 0 radical (unpaired) electrons. The van der Waals surface area contributed by atoms with Gasteiger partial charge in [-0.05, 0) is 43.7 Å². The minimum absolute atomic E-state index is 0.0490. The molecule has 29 heavy (non-hydrogen) atoms. The number of piperidine rings is 1. The fourth-order valence-electron chi connectivity index (χ4n) is 4.28. The van der Waals surface area contributed by atoms with Crippen molar-refractivity contribution in [2.75, 3.05) is 31.1 Å². The number of nitrogens with zero attached hydrogens (tertiary/aromatic N) is 5. The number of hydrogen-bond donors (Lipinski definition) is 0. The minimum atomic E-state index is -0.470. The van der Waals surface area contributed by atoms with Crippen LogP contribution in [0.2, 0.25) is 0 Å². The van der Waals surface area contributed by atoms with E-state index >= 15 is 0 Å². The van der Waals surface area contributed by atoms with Crippen molar-refractivity contribution >= 4 is 28.3 Å². The summed E-state index contributed by atoms with van der Waals surface area (Å²) >= 11 is 0. The molecular weight excluding hydrogens is 370 g/mol. The number of nitro groups is 1. The molecule has 0 spiro atoms. The topological polar surface area (TPSA) is 103 Å². The lowest BCUT2D eigenvalue weighted by Gasteiger charge is -2.33. The lowest BCUT2D eigenvalue weighted by Crippen LogP contribution is -2.37. The largest absolute Gasteiger partial charge is 0.357 e. The van der Waals surface area contributed by atoms with Crippen LogP contribution in [0.4, 0.5) is 11.5 Å². The van der Waals surface area contributed by atoms with E-state index in [1.165, 1.54) is 12.1 Å². The van der Waals surface area contributed by atoms with Crippen LogP contribution in [0.5, 0.6) is 0 Å². The molecular formula is C21H23N5O3. The molecule has 0 saturated carbocycles. The van der Waals surface area contributed by atoms with Crippen molar-refractivity contribution in [3.8, 4) is 6.07 Å². The van der Waals surface area contributed by atoms with E-state index < -0.39 is 4.92 Å². The summed E-state index contributed by atoms with van der Waals surface area (Å²) in [4.78, 5) is 31.7. The van der Waals surface area contributed by atoms with Gasteiger partial charge in [-0.15, -0.1) is 0 Å². The third-order valence-corrected chi connectivity index (χ3v) is 5.97. The number of nitriles is 1. The number of carbonyl (C=O) groups is 1. The Hall–Kier alpha value is -3.21. The number of non-ortho nitro benzene ring substituents is 1. The van der Waals surface area contributed by atoms with Gasteiger partial charge in [0.25, 0.3) is 5.69 Å². The predicted octanol–water partition coefficient (Wildman–Crippen LogP) is 3.24. The smallest absolute Gasteiger partial charge is 0.270 e. The summed E-state index contributed by atoms with van der Waals surface area (Å²) in [7, 11) is 0. The van der Waals surface area contributed by atoms with Crippen molar-refractivity contribution < 1.29 is 9.72 Å². The number of benzene rings is 1. The molecule has 4 rings (SSSR count). The van der Waals surface area contributed by atoms with Crippen LogP contribution in [-0.4, -0.2) is 46.9 Å². The van der Waals surface area contributed by atoms with Gasteiger partial charge in [-0.1, -0.05) is 0 Å². The molecule has 2 saturated heterocycles. The zero-order valence-electron chi connectivity index (χ0n) is 16.2. The van der Waals surface area contributed by atoms with Gasteiger partial charge in [0.15, 0.2) is 0 Å². The van der Waals surface area contributed by atoms with E-state index in [1.807, 2.05) is 4.90 Å². The Labute approximate surface area is 168 Å². The standard InChI is InChI=1S/C21H23N5O3/c22-14-16-12-20(23-19-4-3-17(26(28)29)13-18(16)19)24-9-5-15(6-10-24)11-21(27)25-7-1-2-8-25/h3-4,12-13,15H,1-2,5-11H2. The molecule has 8 nitrogen and oxygen atoms in total. The number of hydrogen-bond acceptors (Lipinski definition) is 6. The SMILES string of the molecule is N#Cc1cc(N2CCC(CC(=O)N3CCCC3)CC2)nc2ccc([N+](=O)[O-])cc12. The van der Waals surface area contributed by atoms with Gasteiger partial charge in [-0.3, -0.25) is 14.9 Å². The summed E-state index contributed by atoms with van der Waals surface area (Å²) in [5.41, 5.74) is 0.919. The van der Waals surface area contributed by atoms with Gasteiger partial charge in [-0.25, -0.2) is 4.98 Å². The highest BCUT2D eigenvalue weighted by atomic mass is 16.6. The normalized spacial score (nSPS) is 17.5. The molecule has 0 N–H and O–H groups in total. The van der Waals surface area contributed by atoms with E-state index in [2.05, 4.69) is 16.0 Å². The van der Waals surface area contributed by atoms with Crippen molar-refractivity contribution in [2.45, 2.75) is 32.1 Å². The summed E-state index contributed by atoms with van der Waals surface area (Å²) in [5, 5.41) is 21.0. The molecule has 0 aliphatic carbocycles. The number of aromatic nitrogens is 1. The fraction of sp³-hybridized carbons (Fsp3) is 0.476. The molecule has 0 atom stereocenters. The number of anilines is 1. The summed E-state index contributed by atoms with van der Waals surface area (Å²) in [6.45, 7) is 3.37. The molecule has 1 aromatic carbocycles. The molecule has 1 aromatic heterocycles. The maximum Gasteiger partial charge on any atom is 0.270 e. The Balaban J connectivity index is 1.46. The highest BCUT2D eigenvalue weighted by Crippen LogP contribution is 2.29. The monoisotopic (exact) mass is 393 g/mol. The second kappa shape index (κ2) is 8.03. The van der Waals surface area contributed by atoms with Gasteiger partial charge in [0.1, 0.15) is 5.82 Å². The number of carbonyl (C=O) groups excluding carboxylic acids is 1. The zero-order valence-corrected chi connectivity index (χ0v) is 16.2. The third-order valence-electron chi connectivity index (χ3n) is 5.97. The van der Waals surface area contributed by atoms with Crippen molar-refractivity contribution in [1.82, 2.24) is 9.88 Å². The Morgan fingerprint density at radius 2 is 1.93 bits per heavy atom. The average molecular weight is 393 g/mol. The number of nitro benzene ring substituents is 1. The maximum absolute atomic E-state index is 12.4. The predicted molar refractivity (Wildman–Crippen MR) is 108 cm³/mol. The van der Waals surface area contributed by atoms with Crippen LogP contribution in [0, 0.1) is 27.4 Å². The average Bonchev–Trinajstić information content (AvgIpc) is 3.28. The highest BCUT2D eigenvalue weighted by Gasteiger charge is 2.26. The van der Waals surface area contributed by atoms with Crippen molar-refractivity contribution in [1.29, 1.82) is 5.26 Å².